The van der Waals surface area contributed by atoms with Crippen molar-refractivity contribution in [2.45, 2.75) is 6.54 Å². The number of nitrogens with one attached hydrogen (secondary N) is 2. The molecule has 0 atom stereocenters. The summed E-state index contributed by atoms with van der Waals surface area (Å²) in [6, 6.07) is 12.3. The molecule has 0 fully saturated rings. The van der Waals surface area contributed by atoms with Crippen LogP contribution >= 0.6 is 0 Å². The molecule has 2 aromatic carbocycles. The van der Waals surface area contributed by atoms with Gasteiger partial charge in [-0.3, -0.25) is 10.1 Å². The van der Waals surface area contributed by atoms with Gasteiger partial charge in [0, 0.05) is 18.3 Å². The van der Waals surface area contributed by atoms with Crippen molar-refractivity contribution >= 4 is 11.4 Å². The van der Waals surface area contributed by atoms with Crippen LogP contribution in [0.25, 0.3) is 0 Å². The second kappa shape index (κ2) is 6.58. The van der Waals surface area contributed by atoms with Crippen LogP contribution in [0.1, 0.15) is 5.56 Å². The zero-order valence-corrected chi connectivity index (χ0v) is 11.4. The number of hydrazine groups is 1. The third-order valence-corrected chi connectivity index (χ3v) is 2.83. The fourth-order valence-electron chi connectivity index (χ4n) is 1.82. The highest BCUT2D eigenvalue weighted by molar-refractivity contribution is 5.57. The van der Waals surface area contributed by atoms with Crippen LogP contribution in [0, 0.1) is 10.1 Å². The highest BCUT2D eigenvalue weighted by atomic mass is 16.6. The standard InChI is InChI=1S/C14H15N3O4/c1-21-13-8-10(7-12(14(13)18)17(19)20)9-15-16-11-5-3-2-4-6-11/h2-8,15-16,18H,9H2,1H3. The Morgan fingerprint density at radius 3 is 2.62 bits per heavy atom. The number of para-hydroxylation sites is 1. The molecule has 2 aromatic rings. The monoisotopic (exact) mass is 289 g/mol. The van der Waals surface area contributed by atoms with E-state index in [9.17, 15) is 15.2 Å². The van der Waals surface area contributed by atoms with Crippen molar-refractivity contribution in [1.82, 2.24) is 5.43 Å². The van der Waals surface area contributed by atoms with Gasteiger partial charge in [-0.25, -0.2) is 5.43 Å². The summed E-state index contributed by atoms with van der Waals surface area (Å²) in [7, 11) is 1.35. The lowest BCUT2D eigenvalue weighted by Crippen LogP contribution is -2.20. The van der Waals surface area contributed by atoms with Crippen LogP contribution in [0.15, 0.2) is 42.5 Å². The summed E-state index contributed by atoms with van der Waals surface area (Å²) in [5.41, 5.74) is 7.02. The number of nitrogens with zero attached hydrogens (tertiary/aromatic N) is 1. The van der Waals surface area contributed by atoms with Crippen LogP contribution in [-0.2, 0) is 6.54 Å². The minimum absolute atomic E-state index is 0.0701. The van der Waals surface area contributed by atoms with Gasteiger partial charge in [-0.2, -0.15) is 0 Å². The van der Waals surface area contributed by atoms with E-state index in [1.54, 1.807) is 6.07 Å². The van der Waals surface area contributed by atoms with Crippen LogP contribution in [0.4, 0.5) is 11.4 Å². The van der Waals surface area contributed by atoms with Crippen molar-refractivity contribution in [1.29, 1.82) is 0 Å². The molecule has 0 aromatic heterocycles. The van der Waals surface area contributed by atoms with Gasteiger partial charge >= 0.3 is 5.69 Å². The smallest absolute Gasteiger partial charge is 0.314 e. The van der Waals surface area contributed by atoms with Gasteiger partial charge < -0.3 is 15.3 Å². The number of phenolic OH excluding ortho intramolecular Hbond substituents is 1. The summed E-state index contributed by atoms with van der Waals surface area (Å²) >= 11 is 0. The van der Waals surface area contributed by atoms with E-state index in [1.165, 1.54) is 13.2 Å². The number of nitro groups is 1. The molecule has 0 radical (unpaired) electrons. The Kier molecular flexibility index (Phi) is 4.57. The third-order valence-electron chi connectivity index (χ3n) is 2.83. The molecular formula is C14H15N3O4. The first-order valence-corrected chi connectivity index (χ1v) is 6.20. The second-order valence-corrected chi connectivity index (χ2v) is 4.27. The fourth-order valence-corrected chi connectivity index (χ4v) is 1.82. The van der Waals surface area contributed by atoms with Gasteiger partial charge in [0.1, 0.15) is 0 Å². The number of hydrogen-bond donors (Lipinski definition) is 3. The number of rotatable bonds is 6. The predicted octanol–water partition coefficient (Wildman–Crippen LogP) is 2.43. The lowest BCUT2D eigenvalue weighted by Gasteiger charge is -2.10. The lowest BCUT2D eigenvalue weighted by atomic mass is 10.1. The molecule has 0 unspecified atom stereocenters. The van der Waals surface area contributed by atoms with Gasteiger partial charge in [-0.05, 0) is 23.8 Å². The molecule has 0 aliphatic heterocycles. The Labute approximate surface area is 121 Å². The van der Waals surface area contributed by atoms with E-state index < -0.39 is 10.7 Å². The molecule has 0 bridgehead atoms. The van der Waals surface area contributed by atoms with Crippen molar-refractivity contribution in [3.05, 3.63) is 58.1 Å². The molecule has 0 saturated carbocycles. The molecular weight excluding hydrogens is 274 g/mol. The van der Waals surface area contributed by atoms with Gasteiger partial charge in [0.15, 0.2) is 5.75 Å². The molecule has 0 amide bonds. The molecule has 0 spiro atoms. The highest BCUT2D eigenvalue weighted by Gasteiger charge is 2.19. The number of methoxy groups -OCH3 is 1. The van der Waals surface area contributed by atoms with E-state index in [4.69, 9.17) is 4.74 Å². The van der Waals surface area contributed by atoms with Crippen LogP contribution in [0.3, 0.4) is 0 Å². The number of benzene rings is 2. The Balaban J connectivity index is 2.09. The zero-order valence-electron chi connectivity index (χ0n) is 11.4. The maximum Gasteiger partial charge on any atom is 0.314 e. The zero-order chi connectivity index (χ0) is 15.2. The summed E-state index contributed by atoms with van der Waals surface area (Å²) in [6.45, 7) is 0.326. The topological polar surface area (TPSA) is 96.7 Å². The van der Waals surface area contributed by atoms with E-state index in [0.717, 1.165) is 5.69 Å². The van der Waals surface area contributed by atoms with Gasteiger partial charge in [-0.15, -0.1) is 0 Å². The fraction of sp³-hybridized carbons (Fsp3) is 0.143. The summed E-state index contributed by atoms with van der Waals surface area (Å²) in [4.78, 5) is 10.2. The number of anilines is 1. The minimum Gasteiger partial charge on any atom is -0.500 e. The third kappa shape index (κ3) is 3.61. The van der Waals surface area contributed by atoms with Gasteiger partial charge in [0.05, 0.1) is 12.0 Å². The molecule has 110 valence electrons. The molecule has 7 heteroatoms. The van der Waals surface area contributed by atoms with E-state index in [1.807, 2.05) is 30.3 Å². The average Bonchev–Trinajstić information content (AvgIpc) is 2.49. The number of nitro benzene ring substituents is 1. The van der Waals surface area contributed by atoms with Crippen LogP contribution in [0.5, 0.6) is 11.5 Å². The number of hydrogen-bond acceptors (Lipinski definition) is 6. The summed E-state index contributed by atoms with van der Waals surface area (Å²) < 4.78 is 4.94. The van der Waals surface area contributed by atoms with Gasteiger partial charge in [0.25, 0.3) is 0 Å². The molecule has 3 N–H and O–H groups in total. The first-order chi connectivity index (χ1) is 10.1. The summed E-state index contributed by atoms with van der Waals surface area (Å²) in [5, 5.41) is 20.6. The molecule has 0 saturated heterocycles. The summed E-state index contributed by atoms with van der Waals surface area (Å²) in [5.74, 6) is -0.400. The number of phenols is 1. The van der Waals surface area contributed by atoms with E-state index in [2.05, 4.69) is 10.9 Å². The van der Waals surface area contributed by atoms with Crippen LogP contribution in [0.2, 0.25) is 0 Å². The lowest BCUT2D eigenvalue weighted by molar-refractivity contribution is -0.386. The van der Waals surface area contributed by atoms with E-state index in [0.29, 0.717) is 12.1 Å². The Morgan fingerprint density at radius 1 is 1.29 bits per heavy atom. The SMILES string of the molecule is COc1cc(CNNc2ccccc2)cc([N+](=O)[O-])c1O. The highest BCUT2D eigenvalue weighted by Crippen LogP contribution is 2.36. The molecule has 0 aliphatic rings. The van der Waals surface area contributed by atoms with Crippen LogP contribution in [-0.4, -0.2) is 17.1 Å². The largest absolute Gasteiger partial charge is 0.500 e. The first-order valence-electron chi connectivity index (χ1n) is 6.20. The quantitative estimate of drug-likeness (QED) is 0.558. The van der Waals surface area contributed by atoms with Crippen molar-refractivity contribution in [3.8, 4) is 11.5 Å². The molecule has 0 aliphatic carbocycles. The Morgan fingerprint density at radius 2 is 2.00 bits per heavy atom. The van der Waals surface area contributed by atoms with E-state index in [-0.39, 0.29) is 11.4 Å². The molecule has 7 nitrogen and oxygen atoms in total. The predicted molar refractivity (Wildman–Crippen MR) is 78.2 cm³/mol. The number of ether oxygens (including phenoxy) is 1. The molecule has 0 heterocycles. The molecule has 2 rings (SSSR count). The average molecular weight is 289 g/mol. The van der Waals surface area contributed by atoms with Gasteiger partial charge in [0.2, 0.25) is 5.75 Å². The maximum absolute atomic E-state index is 10.9. The van der Waals surface area contributed by atoms with E-state index >= 15 is 0 Å². The maximum atomic E-state index is 10.9. The Hall–Kier alpha value is -2.80. The Bertz CT molecular complexity index is 632. The number of aromatic hydroxyl groups is 1. The normalized spacial score (nSPS) is 10.1. The minimum atomic E-state index is -0.647. The first kappa shape index (κ1) is 14.6. The van der Waals surface area contributed by atoms with Crippen LogP contribution < -0.4 is 15.6 Å². The second-order valence-electron chi connectivity index (χ2n) is 4.27. The summed E-state index contributed by atoms with van der Waals surface area (Å²) in [6.07, 6.45) is 0. The van der Waals surface area contributed by atoms with Crippen molar-refractivity contribution in [2.24, 2.45) is 0 Å². The molecule has 21 heavy (non-hydrogen) atoms. The van der Waals surface area contributed by atoms with Crippen molar-refractivity contribution in [3.63, 3.8) is 0 Å². The van der Waals surface area contributed by atoms with Crippen molar-refractivity contribution < 1.29 is 14.8 Å². The van der Waals surface area contributed by atoms with Gasteiger partial charge in [-0.1, -0.05) is 18.2 Å². The van der Waals surface area contributed by atoms with Crippen molar-refractivity contribution in [2.75, 3.05) is 12.5 Å².